The Kier molecular flexibility index (Phi) is 17.9. The van der Waals surface area contributed by atoms with Gasteiger partial charge in [0.05, 0.1) is 12.2 Å². The van der Waals surface area contributed by atoms with Crippen molar-refractivity contribution in [3.05, 3.63) is 47.9 Å². The molecular formula is C36H62FN3O4S2. The van der Waals surface area contributed by atoms with Gasteiger partial charge in [-0.15, -0.1) is 0 Å². The average molecular weight is 684 g/mol. The van der Waals surface area contributed by atoms with Gasteiger partial charge in [0.15, 0.2) is 0 Å². The molecule has 10 heteroatoms. The topological polar surface area (TPSA) is 97.2 Å². The van der Waals surface area contributed by atoms with Gasteiger partial charge in [0, 0.05) is 63.2 Å². The molecule has 1 saturated carbocycles. The number of nitrogens with one attached hydrogen (secondary N) is 2. The molecule has 264 valence electrons. The molecule has 0 bridgehead atoms. The van der Waals surface area contributed by atoms with Crippen molar-refractivity contribution < 1.29 is 24.4 Å². The van der Waals surface area contributed by atoms with E-state index in [9.17, 15) is 19.7 Å². The molecule has 0 aromatic carbocycles. The Morgan fingerprint density at radius 2 is 1.87 bits per heavy atom. The smallest absolute Gasteiger partial charge is 0.118 e. The fourth-order valence-electron chi connectivity index (χ4n) is 7.05. The molecule has 46 heavy (non-hydrogen) atoms. The van der Waals surface area contributed by atoms with Crippen LogP contribution in [0.5, 0.6) is 0 Å². The van der Waals surface area contributed by atoms with E-state index < -0.39 is 18.6 Å². The highest BCUT2D eigenvalue weighted by Crippen LogP contribution is 2.40. The quantitative estimate of drug-likeness (QED) is 0.0503. The van der Waals surface area contributed by atoms with Gasteiger partial charge in [-0.2, -0.15) is 25.3 Å². The molecule has 0 spiro atoms. The molecule has 0 aromatic heterocycles. The molecule has 5 N–H and O–H groups in total. The van der Waals surface area contributed by atoms with Crippen molar-refractivity contribution >= 4 is 25.3 Å². The first kappa shape index (κ1) is 39.7. The highest BCUT2D eigenvalue weighted by molar-refractivity contribution is 7.80. The molecule has 0 heterocycles. The van der Waals surface area contributed by atoms with Crippen molar-refractivity contribution in [1.82, 2.24) is 15.5 Å². The van der Waals surface area contributed by atoms with Crippen molar-refractivity contribution in [2.24, 2.45) is 29.1 Å². The van der Waals surface area contributed by atoms with Gasteiger partial charge in [0.25, 0.3) is 0 Å². The SMILES string of the molecule is CCC1CC(C2C=CC(F)=CC2)C(O)CC1OCCCCC(C)(C)CNC(O)C1C=CC(CN(CCS)CC(O)NCCS)=CC1. The van der Waals surface area contributed by atoms with Crippen molar-refractivity contribution in [1.29, 1.82) is 0 Å². The first-order valence-corrected chi connectivity index (χ1v) is 18.8. The van der Waals surface area contributed by atoms with Gasteiger partial charge in [-0.1, -0.05) is 57.9 Å². The monoisotopic (exact) mass is 683 g/mol. The number of rotatable bonds is 21. The van der Waals surface area contributed by atoms with E-state index in [-0.39, 0.29) is 35.1 Å². The zero-order chi connectivity index (χ0) is 33.5. The molecule has 7 nitrogen and oxygen atoms in total. The van der Waals surface area contributed by atoms with Gasteiger partial charge in [-0.25, -0.2) is 4.39 Å². The number of halogens is 1. The highest BCUT2D eigenvalue weighted by Gasteiger charge is 2.39. The lowest BCUT2D eigenvalue weighted by Crippen LogP contribution is -2.43. The number of allylic oxidation sites excluding steroid dienone is 5. The minimum absolute atomic E-state index is 0.0256. The maximum atomic E-state index is 13.4. The normalized spacial score (nSPS) is 28.3. The van der Waals surface area contributed by atoms with Crippen LogP contribution in [0.4, 0.5) is 4.39 Å². The number of aliphatic hydroxyl groups excluding tert-OH is 3. The predicted molar refractivity (Wildman–Crippen MR) is 194 cm³/mol. The molecule has 0 aromatic rings. The first-order valence-electron chi connectivity index (χ1n) is 17.5. The third-order valence-corrected chi connectivity index (χ3v) is 10.4. The Balaban J connectivity index is 1.32. The summed E-state index contributed by atoms with van der Waals surface area (Å²) in [5, 5.41) is 38.5. The van der Waals surface area contributed by atoms with Crippen LogP contribution < -0.4 is 10.6 Å². The Labute approximate surface area is 289 Å². The van der Waals surface area contributed by atoms with Crippen molar-refractivity contribution in [3.63, 3.8) is 0 Å². The summed E-state index contributed by atoms with van der Waals surface area (Å²) in [4.78, 5) is 2.19. The van der Waals surface area contributed by atoms with Gasteiger partial charge in [0.1, 0.15) is 18.3 Å². The van der Waals surface area contributed by atoms with E-state index in [1.54, 1.807) is 12.2 Å². The number of hydrogen-bond donors (Lipinski definition) is 7. The number of unbranched alkanes of at least 4 members (excludes halogenated alkanes) is 1. The van der Waals surface area contributed by atoms with Gasteiger partial charge in [-0.3, -0.25) is 15.5 Å². The van der Waals surface area contributed by atoms with Crippen LogP contribution in [0.3, 0.4) is 0 Å². The second-order valence-electron chi connectivity index (χ2n) is 14.3. The van der Waals surface area contributed by atoms with Crippen LogP contribution in [0.15, 0.2) is 47.9 Å². The molecule has 3 rings (SSSR count). The van der Waals surface area contributed by atoms with Crippen molar-refractivity contribution in [2.45, 2.75) is 96.8 Å². The largest absolute Gasteiger partial charge is 0.393 e. The number of nitrogens with zero attached hydrogens (tertiary/aromatic N) is 1. The number of aliphatic hydroxyl groups is 3. The molecule has 3 aliphatic carbocycles. The Bertz CT molecular complexity index is 1010. The summed E-state index contributed by atoms with van der Waals surface area (Å²) >= 11 is 8.57. The fourth-order valence-corrected chi connectivity index (χ4v) is 7.47. The Morgan fingerprint density at radius 3 is 2.52 bits per heavy atom. The molecule has 1 fully saturated rings. The zero-order valence-electron chi connectivity index (χ0n) is 28.4. The summed E-state index contributed by atoms with van der Waals surface area (Å²) in [6, 6.07) is 0. The third-order valence-electron chi connectivity index (χ3n) is 9.96. The van der Waals surface area contributed by atoms with Gasteiger partial charge < -0.3 is 20.1 Å². The molecular weight excluding hydrogens is 622 g/mol. The van der Waals surface area contributed by atoms with E-state index in [1.807, 2.05) is 6.08 Å². The molecule has 3 aliphatic rings. The van der Waals surface area contributed by atoms with E-state index in [2.05, 4.69) is 79.8 Å². The maximum absolute atomic E-state index is 13.4. The minimum Gasteiger partial charge on any atom is -0.393 e. The highest BCUT2D eigenvalue weighted by atomic mass is 32.1. The van der Waals surface area contributed by atoms with Crippen LogP contribution >= 0.6 is 25.3 Å². The second-order valence-corrected chi connectivity index (χ2v) is 15.2. The molecule has 0 saturated heterocycles. The standard InChI is InChI=1S/C36H62FN3O4S2/c1-4-27-21-31(28-11-13-30(37)14-12-28)32(41)22-33(27)44-18-6-5-15-36(2,3)25-39-35(43)29-9-7-26(8-10-29)23-40(17-20-46)24-34(42)38-16-19-45/h7-9,11,13-14,27-29,31-35,38-39,41-43,45-46H,4-6,10,12,15-25H2,1-3H3. The first-order chi connectivity index (χ1) is 22.0. The summed E-state index contributed by atoms with van der Waals surface area (Å²) in [5.41, 5.74) is 1.23. The van der Waals surface area contributed by atoms with Gasteiger partial charge >= 0.3 is 0 Å². The predicted octanol–water partition coefficient (Wildman–Crippen LogP) is 5.27. The lowest BCUT2D eigenvalue weighted by Gasteiger charge is -2.42. The molecule has 0 radical (unpaired) electrons. The second kappa shape index (κ2) is 20.7. The van der Waals surface area contributed by atoms with E-state index in [0.717, 1.165) is 63.9 Å². The summed E-state index contributed by atoms with van der Waals surface area (Å²) in [5.74, 6) is 2.04. The van der Waals surface area contributed by atoms with Gasteiger partial charge in [0.2, 0.25) is 0 Å². The van der Waals surface area contributed by atoms with Crippen LogP contribution in [0.1, 0.15) is 72.1 Å². The van der Waals surface area contributed by atoms with Crippen LogP contribution in [0, 0.1) is 29.1 Å². The van der Waals surface area contributed by atoms with Crippen LogP contribution in [0.25, 0.3) is 0 Å². The minimum atomic E-state index is -0.607. The molecule has 8 atom stereocenters. The molecule has 0 aliphatic heterocycles. The Morgan fingerprint density at radius 1 is 1.07 bits per heavy atom. The van der Waals surface area contributed by atoms with E-state index in [0.29, 0.717) is 44.2 Å². The summed E-state index contributed by atoms with van der Waals surface area (Å²) in [6.07, 6.45) is 17.1. The lowest BCUT2D eigenvalue weighted by molar-refractivity contribution is -0.0823. The van der Waals surface area contributed by atoms with E-state index >= 15 is 0 Å². The third kappa shape index (κ3) is 13.7. The average Bonchev–Trinajstić information content (AvgIpc) is 3.03. The summed E-state index contributed by atoms with van der Waals surface area (Å²) in [7, 11) is 0. The van der Waals surface area contributed by atoms with Crippen LogP contribution in [0.2, 0.25) is 0 Å². The Hall–Kier alpha value is -0.690. The van der Waals surface area contributed by atoms with Crippen molar-refractivity contribution in [2.75, 3.05) is 50.8 Å². The molecule has 0 amide bonds. The number of hydrogen-bond acceptors (Lipinski definition) is 9. The van der Waals surface area contributed by atoms with E-state index in [1.165, 1.54) is 5.57 Å². The fraction of sp³-hybridized carbons (Fsp3) is 0.778. The molecule has 8 unspecified atom stereocenters. The number of ether oxygens (including phenoxy) is 1. The van der Waals surface area contributed by atoms with Gasteiger partial charge in [-0.05, 0) is 73.0 Å². The van der Waals surface area contributed by atoms with Crippen LogP contribution in [-0.4, -0.2) is 95.7 Å². The van der Waals surface area contributed by atoms with Crippen LogP contribution in [-0.2, 0) is 4.74 Å². The van der Waals surface area contributed by atoms with Crippen molar-refractivity contribution in [3.8, 4) is 0 Å². The number of thiol groups is 2. The zero-order valence-corrected chi connectivity index (χ0v) is 30.2. The summed E-state index contributed by atoms with van der Waals surface area (Å²) in [6.45, 7) is 10.8. The van der Waals surface area contributed by atoms with E-state index in [4.69, 9.17) is 4.74 Å². The maximum Gasteiger partial charge on any atom is 0.118 e. The lowest BCUT2D eigenvalue weighted by atomic mass is 9.69. The summed E-state index contributed by atoms with van der Waals surface area (Å²) < 4.78 is 19.8.